The number of hydrogen-bond acceptors (Lipinski definition) is 4. The average Bonchev–Trinajstić information content (AvgIpc) is 2.90. The van der Waals surface area contributed by atoms with Gasteiger partial charge in [-0.15, -0.1) is 6.58 Å². The van der Waals surface area contributed by atoms with Crippen LogP contribution >= 0.6 is 11.7 Å². The number of rotatable bonds is 4. The number of amides is 1. The molecule has 0 N–H and O–H groups in total. The van der Waals surface area contributed by atoms with Crippen LogP contribution in [0.1, 0.15) is 10.5 Å². The van der Waals surface area contributed by atoms with E-state index in [2.05, 4.69) is 15.3 Å². The van der Waals surface area contributed by atoms with Crippen LogP contribution in [0, 0.1) is 0 Å². The van der Waals surface area contributed by atoms with E-state index in [0.29, 0.717) is 12.2 Å². The van der Waals surface area contributed by atoms with Crippen molar-refractivity contribution in [2.45, 2.75) is 0 Å². The van der Waals surface area contributed by atoms with Crippen molar-refractivity contribution in [1.82, 2.24) is 8.75 Å². The third-order valence-corrected chi connectivity index (χ3v) is 2.68. The van der Waals surface area contributed by atoms with Crippen LogP contribution < -0.4 is 4.90 Å². The van der Waals surface area contributed by atoms with Crippen molar-refractivity contribution in [3.8, 4) is 0 Å². The first-order valence-corrected chi connectivity index (χ1v) is 5.81. The van der Waals surface area contributed by atoms with Gasteiger partial charge < -0.3 is 4.90 Å². The number of para-hydroxylation sites is 1. The van der Waals surface area contributed by atoms with Crippen molar-refractivity contribution in [2.75, 3.05) is 11.4 Å². The lowest BCUT2D eigenvalue weighted by Gasteiger charge is -2.19. The van der Waals surface area contributed by atoms with Gasteiger partial charge in [0.15, 0.2) is 5.69 Å². The lowest BCUT2D eigenvalue weighted by Crippen LogP contribution is -2.31. The normalized spacial score (nSPS) is 9.88. The van der Waals surface area contributed by atoms with Gasteiger partial charge in [0, 0.05) is 12.2 Å². The summed E-state index contributed by atoms with van der Waals surface area (Å²) in [6.07, 6.45) is 3.16. The van der Waals surface area contributed by atoms with Crippen LogP contribution in [0.3, 0.4) is 0 Å². The summed E-state index contributed by atoms with van der Waals surface area (Å²) in [5.74, 6) is -0.162. The molecule has 0 fully saturated rings. The minimum atomic E-state index is -0.162. The minimum absolute atomic E-state index is 0.162. The van der Waals surface area contributed by atoms with Crippen LogP contribution in [0.5, 0.6) is 0 Å². The molecule has 86 valence electrons. The standard InChI is InChI=1S/C12H11N3OS/c1-2-8-15(10-6-4-3-5-7-10)12(16)11-9-13-17-14-11/h2-7,9H,1,8H2. The minimum Gasteiger partial charge on any atom is -0.303 e. The Morgan fingerprint density at radius 3 is 2.76 bits per heavy atom. The van der Waals surface area contributed by atoms with Gasteiger partial charge in [-0.3, -0.25) is 4.79 Å². The van der Waals surface area contributed by atoms with Crippen LogP contribution in [0.15, 0.2) is 49.2 Å². The molecule has 2 aromatic rings. The zero-order chi connectivity index (χ0) is 12.1. The summed E-state index contributed by atoms with van der Waals surface area (Å²) < 4.78 is 7.79. The smallest absolute Gasteiger partial charge is 0.279 e. The molecule has 0 bridgehead atoms. The molecule has 1 aromatic heterocycles. The van der Waals surface area contributed by atoms with E-state index in [0.717, 1.165) is 17.4 Å². The predicted molar refractivity (Wildman–Crippen MR) is 68.2 cm³/mol. The molecule has 1 heterocycles. The fourth-order valence-corrected chi connectivity index (χ4v) is 1.85. The molecule has 0 aliphatic heterocycles. The summed E-state index contributed by atoms with van der Waals surface area (Å²) in [5.41, 5.74) is 1.19. The van der Waals surface area contributed by atoms with Crippen molar-refractivity contribution < 1.29 is 4.79 Å². The highest BCUT2D eigenvalue weighted by Crippen LogP contribution is 2.15. The van der Waals surface area contributed by atoms with Gasteiger partial charge in [-0.1, -0.05) is 24.3 Å². The molecule has 1 amide bonds. The van der Waals surface area contributed by atoms with Gasteiger partial charge in [0.1, 0.15) is 0 Å². The Balaban J connectivity index is 2.30. The quantitative estimate of drug-likeness (QED) is 0.777. The number of aromatic nitrogens is 2. The monoisotopic (exact) mass is 245 g/mol. The Hall–Kier alpha value is -2.01. The van der Waals surface area contributed by atoms with Gasteiger partial charge in [0.05, 0.1) is 17.9 Å². The maximum Gasteiger partial charge on any atom is 0.279 e. The Morgan fingerprint density at radius 2 is 2.18 bits per heavy atom. The third-order valence-electron chi connectivity index (χ3n) is 2.21. The summed E-state index contributed by atoms with van der Waals surface area (Å²) in [4.78, 5) is 13.8. The van der Waals surface area contributed by atoms with Crippen molar-refractivity contribution in [3.63, 3.8) is 0 Å². The average molecular weight is 245 g/mol. The van der Waals surface area contributed by atoms with Crippen molar-refractivity contribution in [1.29, 1.82) is 0 Å². The van der Waals surface area contributed by atoms with Gasteiger partial charge in [-0.05, 0) is 12.1 Å². The van der Waals surface area contributed by atoms with E-state index in [1.54, 1.807) is 11.0 Å². The second kappa shape index (κ2) is 5.36. The summed E-state index contributed by atoms with van der Waals surface area (Å²) in [6, 6.07) is 9.43. The van der Waals surface area contributed by atoms with Gasteiger partial charge in [0.2, 0.25) is 0 Å². The molecular weight excluding hydrogens is 234 g/mol. The fourth-order valence-electron chi connectivity index (χ4n) is 1.44. The van der Waals surface area contributed by atoms with Crippen LogP contribution in [0.2, 0.25) is 0 Å². The molecule has 0 saturated heterocycles. The van der Waals surface area contributed by atoms with E-state index < -0.39 is 0 Å². The highest BCUT2D eigenvalue weighted by Gasteiger charge is 2.18. The molecule has 0 radical (unpaired) electrons. The largest absolute Gasteiger partial charge is 0.303 e. The number of carbonyl (C=O) groups excluding carboxylic acids is 1. The fraction of sp³-hybridized carbons (Fsp3) is 0.0833. The highest BCUT2D eigenvalue weighted by molar-refractivity contribution is 6.99. The Kier molecular flexibility index (Phi) is 3.62. The van der Waals surface area contributed by atoms with Gasteiger partial charge in [-0.25, -0.2) is 0 Å². The Morgan fingerprint density at radius 1 is 1.41 bits per heavy atom. The summed E-state index contributed by atoms with van der Waals surface area (Å²) in [7, 11) is 0. The van der Waals surface area contributed by atoms with Crippen molar-refractivity contribution in [2.24, 2.45) is 0 Å². The second-order valence-electron chi connectivity index (χ2n) is 3.33. The first-order chi connectivity index (χ1) is 8.33. The number of anilines is 1. The zero-order valence-corrected chi connectivity index (χ0v) is 9.93. The SMILES string of the molecule is C=CCN(C(=O)c1cnsn1)c1ccccc1. The maximum absolute atomic E-state index is 12.2. The van der Waals surface area contributed by atoms with E-state index in [9.17, 15) is 4.79 Å². The first kappa shape index (κ1) is 11.5. The number of benzene rings is 1. The summed E-state index contributed by atoms with van der Waals surface area (Å²) >= 11 is 1.03. The first-order valence-electron chi connectivity index (χ1n) is 5.08. The van der Waals surface area contributed by atoms with Crippen molar-refractivity contribution in [3.05, 3.63) is 54.9 Å². The van der Waals surface area contributed by atoms with E-state index in [4.69, 9.17) is 0 Å². The molecule has 0 unspecified atom stereocenters. The summed E-state index contributed by atoms with van der Waals surface area (Å²) in [6.45, 7) is 4.11. The molecular formula is C12H11N3OS. The van der Waals surface area contributed by atoms with E-state index in [1.165, 1.54) is 6.20 Å². The van der Waals surface area contributed by atoms with Crippen LogP contribution in [-0.2, 0) is 0 Å². The van der Waals surface area contributed by atoms with E-state index in [1.807, 2.05) is 30.3 Å². The molecule has 0 saturated carbocycles. The highest BCUT2D eigenvalue weighted by atomic mass is 32.1. The van der Waals surface area contributed by atoms with E-state index in [-0.39, 0.29) is 5.91 Å². The molecule has 0 aliphatic rings. The van der Waals surface area contributed by atoms with Crippen molar-refractivity contribution >= 4 is 23.3 Å². The third kappa shape index (κ3) is 2.57. The number of nitrogens with zero attached hydrogens (tertiary/aromatic N) is 3. The number of carbonyl (C=O) groups is 1. The molecule has 0 spiro atoms. The lowest BCUT2D eigenvalue weighted by atomic mass is 10.2. The van der Waals surface area contributed by atoms with Gasteiger partial charge >= 0.3 is 0 Å². The summed E-state index contributed by atoms with van der Waals surface area (Å²) in [5, 5.41) is 0. The molecule has 2 rings (SSSR count). The van der Waals surface area contributed by atoms with Gasteiger partial charge in [-0.2, -0.15) is 8.75 Å². The van der Waals surface area contributed by atoms with Gasteiger partial charge in [0.25, 0.3) is 5.91 Å². The topological polar surface area (TPSA) is 46.1 Å². The lowest BCUT2D eigenvalue weighted by molar-refractivity contribution is 0.0986. The van der Waals surface area contributed by atoms with Crippen LogP contribution in [0.25, 0.3) is 0 Å². The Bertz CT molecular complexity index is 496. The molecule has 5 heteroatoms. The number of hydrogen-bond donors (Lipinski definition) is 0. The maximum atomic E-state index is 12.2. The molecule has 17 heavy (non-hydrogen) atoms. The molecule has 4 nitrogen and oxygen atoms in total. The molecule has 1 aromatic carbocycles. The van der Waals surface area contributed by atoms with Crippen LogP contribution in [-0.4, -0.2) is 21.2 Å². The zero-order valence-electron chi connectivity index (χ0n) is 9.11. The molecule has 0 atom stereocenters. The molecule has 0 aliphatic carbocycles. The second-order valence-corrected chi connectivity index (χ2v) is 3.89. The predicted octanol–water partition coefficient (Wildman–Crippen LogP) is 2.37. The van der Waals surface area contributed by atoms with Crippen LogP contribution in [0.4, 0.5) is 5.69 Å². The Labute approximate surface area is 104 Å². The van der Waals surface area contributed by atoms with E-state index >= 15 is 0 Å².